The fourth-order valence-electron chi connectivity index (χ4n) is 9.07. The number of H-pyrrole nitrogens is 1. The molecule has 9 aromatic carbocycles. The van der Waals surface area contributed by atoms with Crippen molar-refractivity contribution in [3.8, 4) is 27.9 Å². The van der Waals surface area contributed by atoms with E-state index < -0.39 is 0 Å². The minimum atomic E-state index is 0.904. The lowest BCUT2D eigenvalue weighted by atomic mass is 10.0. The van der Waals surface area contributed by atoms with Gasteiger partial charge in [0.25, 0.3) is 0 Å². The Balaban J connectivity index is 1.01. The average molecular weight is 742 g/mol. The molecule has 0 radical (unpaired) electrons. The van der Waals surface area contributed by atoms with Crippen LogP contribution in [0.2, 0.25) is 0 Å². The highest BCUT2D eigenvalue weighted by Crippen LogP contribution is 2.42. The Morgan fingerprint density at radius 1 is 0.397 bits per heavy atom. The molecule has 12 aromatic rings. The van der Waals surface area contributed by atoms with E-state index in [0.717, 1.165) is 72.4 Å². The number of nitrogens with zero attached hydrogens (tertiary/aromatic N) is 2. The summed E-state index contributed by atoms with van der Waals surface area (Å²) < 4.78 is 8.81. The van der Waals surface area contributed by atoms with Crippen LogP contribution in [0.1, 0.15) is 0 Å². The van der Waals surface area contributed by atoms with Gasteiger partial charge in [-0.15, -0.1) is 0 Å². The molecule has 3 aromatic heterocycles. The number of aromatic amines is 1. The smallest absolute Gasteiger partial charge is 0.143 e. The highest BCUT2D eigenvalue weighted by molar-refractivity contribution is 6.13. The fraction of sp³-hybridized carbons (Fsp3) is 0. The van der Waals surface area contributed by atoms with Crippen LogP contribution in [0.3, 0.4) is 0 Å². The summed E-state index contributed by atoms with van der Waals surface area (Å²) in [5, 5.41) is 7.17. The SMILES string of the molecule is c1ccc(-n2c3ccccc3c3cc(N(c4ccc(-c5cccc6c5[nH]c5ccccc56)cc4)c4ccc(-c5cccc6c5oc5ccccc56)cc4)ccc32)cc1. The van der Waals surface area contributed by atoms with E-state index in [9.17, 15) is 0 Å². The maximum atomic E-state index is 6.44. The molecule has 0 bridgehead atoms. The number of aromatic nitrogens is 2. The van der Waals surface area contributed by atoms with Crippen LogP contribution in [-0.4, -0.2) is 9.55 Å². The van der Waals surface area contributed by atoms with Gasteiger partial charge in [0.1, 0.15) is 11.2 Å². The lowest BCUT2D eigenvalue weighted by Gasteiger charge is -2.26. The van der Waals surface area contributed by atoms with Gasteiger partial charge in [-0.05, 0) is 83.9 Å². The molecule has 3 heterocycles. The average Bonchev–Trinajstić information content (AvgIpc) is 3.97. The quantitative estimate of drug-likeness (QED) is 0.184. The summed E-state index contributed by atoms with van der Waals surface area (Å²) in [5.41, 5.74) is 15.4. The monoisotopic (exact) mass is 741 g/mol. The number of hydrogen-bond acceptors (Lipinski definition) is 2. The van der Waals surface area contributed by atoms with Crippen molar-refractivity contribution in [2.45, 2.75) is 0 Å². The number of furan rings is 1. The van der Waals surface area contributed by atoms with Gasteiger partial charge in [-0.1, -0.05) is 133 Å². The molecule has 0 aliphatic rings. The third-order valence-electron chi connectivity index (χ3n) is 11.7. The molecule has 58 heavy (non-hydrogen) atoms. The molecule has 0 aliphatic carbocycles. The van der Waals surface area contributed by atoms with E-state index in [2.05, 4.69) is 209 Å². The maximum absolute atomic E-state index is 6.44. The molecular formula is C54H35N3O. The molecule has 0 unspecified atom stereocenters. The molecular weight excluding hydrogens is 707 g/mol. The molecule has 0 saturated heterocycles. The van der Waals surface area contributed by atoms with E-state index in [0.29, 0.717) is 0 Å². The summed E-state index contributed by atoms with van der Waals surface area (Å²) in [6, 6.07) is 73.9. The predicted molar refractivity (Wildman–Crippen MR) is 243 cm³/mol. The topological polar surface area (TPSA) is 37.1 Å². The Bertz CT molecular complexity index is 3340. The van der Waals surface area contributed by atoms with Crippen LogP contribution in [0.4, 0.5) is 17.1 Å². The highest BCUT2D eigenvalue weighted by Gasteiger charge is 2.19. The van der Waals surface area contributed by atoms with Crippen LogP contribution >= 0.6 is 0 Å². The first kappa shape index (κ1) is 32.4. The Labute approximate surface area is 334 Å². The van der Waals surface area contributed by atoms with Crippen molar-refractivity contribution in [1.82, 2.24) is 9.55 Å². The number of hydrogen-bond donors (Lipinski definition) is 1. The van der Waals surface area contributed by atoms with Crippen LogP contribution < -0.4 is 4.90 Å². The summed E-state index contributed by atoms with van der Waals surface area (Å²) in [4.78, 5) is 6.07. The Morgan fingerprint density at radius 2 is 0.983 bits per heavy atom. The van der Waals surface area contributed by atoms with Gasteiger partial charge in [0, 0.05) is 71.7 Å². The normalized spacial score (nSPS) is 11.8. The van der Waals surface area contributed by atoms with Crippen molar-refractivity contribution in [3.05, 3.63) is 206 Å². The first-order valence-corrected chi connectivity index (χ1v) is 19.8. The predicted octanol–water partition coefficient (Wildman–Crippen LogP) is 15.1. The second kappa shape index (κ2) is 12.9. The van der Waals surface area contributed by atoms with E-state index in [4.69, 9.17) is 4.42 Å². The van der Waals surface area contributed by atoms with Gasteiger partial charge < -0.3 is 18.9 Å². The zero-order chi connectivity index (χ0) is 38.2. The van der Waals surface area contributed by atoms with Crippen LogP contribution in [0.15, 0.2) is 211 Å². The standard InChI is InChI=1S/C54H35N3O/c1-2-12-37(13-3-1)57-50-22-8-5-15-44(50)48-34-40(32-33-51(48)57)56(38-28-24-35(25-29-38)41-17-10-19-46-43-14-4-7-21-49(43)55-53(41)46)39-30-26-36(27-31-39)42-18-11-20-47-45-16-6-9-23-52(45)58-54(42)47/h1-34,55H. The van der Waals surface area contributed by atoms with E-state index in [1.807, 2.05) is 12.1 Å². The van der Waals surface area contributed by atoms with Crippen molar-refractivity contribution in [1.29, 1.82) is 0 Å². The van der Waals surface area contributed by atoms with Gasteiger partial charge in [0.2, 0.25) is 0 Å². The zero-order valence-corrected chi connectivity index (χ0v) is 31.4. The summed E-state index contributed by atoms with van der Waals surface area (Å²) in [7, 11) is 0. The third kappa shape index (κ3) is 5.02. The molecule has 4 heteroatoms. The van der Waals surface area contributed by atoms with Crippen molar-refractivity contribution in [2.24, 2.45) is 0 Å². The molecule has 4 nitrogen and oxygen atoms in total. The largest absolute Gasteiger partial charge is 0.455 e. The van der Waals surface area contributed by atoms with Gasteiger partial charge >= 0.3 is 0 Å². The lowest BCUT2D eigenvalue weighted by molar-refractivity contribution is 0.670. The lowest BCUT2D eigenvalue weighted by Crippen LogP contribution is -2.10. The van der Waals surface area contributed by atoms with Crippen molar-refractivity contribution in [3.63, 3.8) is 0 Å². The third-order valence-corrected chi connectivity index (χ3v) is 11.7. The molecule has 0 atom stereocenters. The number of para-hydroxylation sites is 6. The molecule has 0 fully saturated rings. The van der Waals surface area contributed by atoms with E-state index in [1.54, 1.807) is 0 Å². The Hall–Kier alpha value is -7.82. The zero-order valence-electron chi connectivity index (χ0n) is 31.4. The van der Waals surface area contributed by atoms with Crippen LogP contribution in [0.25, 0.3) is 93.5 Å². The number of benzene rings is 9. The van der Waals surface area contributed by atoms with Gasteiger partial charge in [0.05, 0.1) is 16.6 Å². The highest BCUT2D eigenvalue weighted by atomic mass is 16.3. The number of fused-ring (bicyclic) bond motifs is 9. The maximum Gasteiger partial charge on any atom is 0.143 e. The van der Waals surface area contributed by atoms with Crippen LogP contribution in [0.5, 0.6) is 0 Å². The molecule has 272 valence electrons. The molecule has 0 saturated carbocycles. The van der Waals surface area contributed by atoms with Gasteiger partial charge in [0.15, 0.2) is 0 Å². The van der Waals surface area contributed by atoms with Gasteiger partial charge in [-0.3, -0.25) is 0 Å². The van der Waals surface area contributed by atoms with E-state index in [1.165, 1.54) is 38.1 Å². The number of rotatable bonds is 6. The second-order valence-corrected chi connectivity index (χ2v) is 15.0. The molecule has 0 amide bonds. The Kier molecular flexibility index (Phi) is 7.20. The minimum absolute atomic E-state index is 0.904. The van der Waals surface area contributed by atoms with Crippen molar-refractivity contribution < 1.29 is 4.42 Å². The van der Waals surface area contributed by atoms with E-state index >= 15 is 0 Å². The fourth-order valence-corrected chi connectivity index (χ4v) is 9.07. The first-order chi connectivity index (χ1) is 28.8. The van der Waals surface area contributed by atoms with E-state index in [-0.39, 0.29) is 0 Å². The number of anilines is 3. The van der Waals surface area contributed by atoms with Crippen molar-refractivity contribution in [2.75, 3.05) is 4.90 Å². The van der Waals surface area contributed by atoms with Crippen LogP contribution in [-0.2, 0) is 0 Å². The molecule has 12 rings (SSSR count). The number of nitrogens with one attached hydrogen (secondary N) is 1. The second-order valence-electron chi connectivity index (χ2n) is 15.0. The summed E-state index contributed by atoms with van der Waals surface area (Å²) >= 11 is 0. The molecule has 0 spiro atoms. The van der Waals surface area contributed by atoms with Crippen LogP contribution in [0, 0.1) is 0 Å². The van der Waals surface area contributed by atoms with Crippen molar-refractivity contribution >= 4 is 82.6 Å². The minimum Gasteiger partial charge on any atom is -0.455 e. The van der Waals surface area contributed by atoms with Gasteiger partial charge in [-0.25, -0.2) is 0 Å². The summed E-state index contributed by atoms with van der Waals surface area (Å²) in [6.07, 6.45) is 0. The Morgan fingerprint density at radius 3 is 1.78 bits per heavy atom. The summed E-state index contributed by atoms with van der Waals surface area (Å²) in [5.74, 6) is 0. The first-order valence-electron chi connectivity index (χ1n) is 19.8. The summed E-state index contributed by atoms with van der Waals surface area (Å²) in [6.45, 7) is 0. The molecule has 0 aliphatic heterocycles. The van der Waals surface area contributed by atoms with Gasteiger partial charge in [-0.2, -0.15) is 0 Å². The molecule has 1 N–H and O–H groups in total.